The van der Waals surface area contributed by atoms with Crippen LogP contribution in [0, 0.1) is 0 Å². The lowest BCUT2D eigenvalue weighted by Crippen LogP contribution is -2.36. The molecule has 0 aliphatic carbocycles. The third-order valence-electron chi connectivity index (χ3n) is 4.56. The number of amides is 1. The van der Waals surface area contributed by atoms with Gasteiger partial charge in [0.15, 0.2) is 6.10 Å². The van der Waals surface area contributed by atoms with E-state index in [1.807, 2.05) is 31.2 Å². The van der Waals surface area contributed by atoms with Crippen molar-refractivity contribution in [2.45, 2.75) is 32.8 Å². The molecule has 7 nitrogen and oxygen atoms in total. The minimum atomic E-state index is -3.32. The molecule has 2 aromatic carbocycles. The van der Waals surface area contributed by atoms with E-state index in [0.29, 0.717) is 24.6 Å². The number of carbonyl (C=O) groups is 1. The van der Waals surface area contributed by atoms with Crippen molar-refractivity contribution >= 4 is 21.6 Å². The van der Waals surface area contributed by atoms with E-state index in [1.54, 1.807) is 31.2 Å². The Hall–Kier alpha value is -2.74. The fraction of sp³-hybridized carbons (Fsp3) is 0.409. The number of benzene rings is 2. The maximum atomic E-state index is 12.2. The number of ether oxygens (including phenoxy) is 2. The Morgan fingerprint density at radius 3 is 2.23 bits per heavy atom. The normalized spacial score (nSPS) is 12.1. The zero-order valence-corrected chi connectivity index (χ0v) is 18.7. The lowest BCUT2D eigenvalue weighted by molar-refractivity contribution is -0.127. The van der Waals surface area contributed by atoms with Crippen molar-refractivity contribution in [3.8, 4) is 11.5 Å². The van der Waals surface area contributed by atoms with Crippen LogP contribution in [0.4, 0.5) is 5.69 Å². The van der Waals surface area contributed by atoms with Crippen molar-refractivity contribution in [2.75, 3.05) is 30.8 Å². The number of nitrogens with zero attached hydrogens (tertiary/aromatic N) is 1. The molecule has 0 bridgehead atoms. The summed E-state index contributed by atoms with van der Waals surface area (Å²) in [5.74, 6) is 1.16. The first kappa shape index (κ1) is 23.5. The average Bonchev–Trinajstić information content (AvgIpc) is 2.71. The molecule has 0 aliphatic heterocycles. The number of nitrogens with one attached hydrogen (secondary N) is 1. The van der Waals surface area contributed by atoms with Crippen molar-refractivity contribution in [3.63, 3.8) is 0 Å². The molecule has 0 saturated carbocycles. The van der Waals surface area contributed by atoms with Crippen LogP contribution in [0.5, 0.6) is 11.5 Å². The summed E-state index contributed by atoms with van der Waals surface area (Å²) in [6.07, 6.45) is 2.16. The van der Waals surface area contributed by atoms with E-state index >= 15 is 0 Å². The molecule has 0 unspecified atom stereocenters. The van der Waals surface area contributed by atoms with Crippen molar-refractivity contribution in [2.24, 2.45) is 0 Å². The lowest BCUT2D eigenvalue weighted by Gasteiger charge is -2.18. The third kappa shape index (κ3) is 7.26. The maximum absolute atomic E-state index is 12.2. The van der Waals surface area contributed by atoms with Gasteiger partial charge in [-0.15, -0.1) is 0 Å². The first-order chi connectivity index (χ1) is 14.2. The molecule has 1 atom stereocenters. The van der Waals surface area contributed by atoms with Gasteiger partial charge in [0.05, 0.1) is 18.6 Å². The van der Waals surface area contributed by atoms with Gasteiger partial charge < -0.3 is 14.8 Å². The SMILES string of the molecule is CCOc1ccc(CCCNC(=O)[C@@H](C)Oc2ccc(N(C)S(C)(=O)=O)cc2)cc1. The van der Waals surface area contributed by atoms with E-state index in [2.05, 4.69) is 5.32 Å². The van der Waals surface area contributed by atoms with Crippen LogP contribution in [0.2, 0.25) is 0 Å². The van der Waals surface area contributed by atoms with E-state index in [0.717, 1.165) is 24.8 Å². The van der Waals surface area contributed by atoms with Crippen LogP contribution in [0.3, 0.4) is 0 Å². The van der Waals surface area contributed by atoms with Crippen LogP contribution in [0.25, 0.3) is 0 Å². The molecule has 0 aromatic heterocycles. The minimum absolute atomic E-state index is 0.195. The first-order valence-electron chi connectivity index (χ1n) is 9.90. The van der Waals surface area contributed by atoms with E-state index in [1.165, 1.54) is 16.9 Å². The summed E-state index contributed by atoms with van der Waals surface area (Å²) in [5.41, 5.74) is 1.72. The fourth-order valence-electron chi connectivity index (χ4n) is 2.75. The van der Waals surface area contributed by atoms with Gasteiger partial charge in [0.2, 0.25) is 10.0 Å². The molecule has 0 aliphatic rings. The van der Waals surface area contributed by atoms with E-state index in [4.69, 9.17) is 9.47 Å². The number of aryl methyl sites for hydroxylation is 1. The number of rotatable bonds is 11. The lowest BCUT2D eigenvalue weighted by atomic mass is 10.1. The van der Waals surface area contributed by atoms with Crippen LogP contribution < -0.4 is 19.1 Å². The van der Waals surface area contributed by atoms with Gasteiger partial charge in [-0.05, 0) is 68.7 Å². The summed E-state index contributed by atoms with van der Waals surface area (Å²) in [6, 6.07) is 14.5. The van der Waals surface area contributed by atoms with Crippen molar-refractivity contribution in [1.82, 2.24) is 5.32 Å². The van der Waals surface area contributed by atoms with Crippen LogP contribution >= 0.6 is 0 Å². The van der Waals surface area contributed by atoms with Crippen molar-refractivity contribution in [3.05, 3.63) is 54.1 Å². The van der Waals surface area contributed by atoms with Gasteiger partial charge >= 0.3 is 0 Å². The number of hydrogen-bond acceptors (Lipinski definition) is 5. The summed E-state index contributed by atoms with van der Waals surface area (Å²) in [6.45, 7) is 4.83. The summed E-state index contributed by atoms with van der Waals surface area (Å²) >= 11 is 0. The Bertz CT molecular complexity index is 912. The first-order valence-corrected chi connectivity index (χ1v) is 11.8. The molecule has 1 amide bonds. The van der Waals surface area contributed by atoms with Gasteiger partial charge in [-0.1, -0.05) is 12.1 Å². The standard InChI is InChI=1S/C22H30N2O5S/c1-5-28-20-12-8-18(9-13-20)7-6-16-23-22(25)17(2)29-21-14-10-19(11-15-21)24(3)30(4,26)27/h8-15,17H,5-7,16H2,1-4H3,(H,23,25)/t17-/m1/s1. The summed E-state index contributed by atoms with van der Waals surface area (Å²) in [7, 11) is -1.84. The van der Waals surface area contributed by atoms with Crippen LogP contribution in [0.15, 0.2) is 48.5 Å². The molecule has 1 N–H and O–H groups in total. The van der Waals surface area contributed by atoms with Gasteiger partial charge in [0.1, 0.15) is 11.5 Å². The Balaban J connectivity index is 1.75. The van der Waals surface area contributed by atoms with Gasteiger partial charge in [-0.2, -0.15) is 0 Å². The molecule has 0 radical (unpaired) electrons. The maximum Gasteiger partial charge on any atom is 0.260 e. The van der Waals surface area contributed by atoms with Gasteiger partial charge in [0.25, 0.3) is 5.91 Å². The molecular weight excluding hydrogens is 404 g/mol. The second-order valence-electron chi connectivity index (χ2n) is 6.96. The summed E-state index contributed by atoms with van der Waals surface area (Å²) in [4.78, 5) is 12.2. The minimum Gasteiger partial charge on any atom is -0.494 e. The van der Waals surface area contributed by atoms with Crippen molar-refractivity contribution < 1.29 is 22.7 Å². The Morgan fingerprint density at radius 2 is 1.67 bits per heavy atom. The highest BCUT2D eigenvalue weighted by Crippen LogP contribution is 2.21. The Labute approximate surface area is 179 Å². The number of carbonyl (C=O) groups excluding carboxylic acids is 1. The fourth-order valence-corrected chi connectivity index (χ4v) is 3.26. The predicted molar refractivity (Wildman–Crippen MR) is 119 cm³/mol. The van der Waals surface area contributed by atoms with Crippen LogP contribution in [0.1, 0.15) is 25.8 Å². The molecule has 164 valence electrons. The van der Waals surface area contributed by atoms with E-state index < -0.39 is 16.1 Å². The third-order valence-corrected chi connectivity index (χ3v) is 5.76. The highest BCUT2D eigenvalue weighted by atomic mass is 32.2. The highest BCUT2D eigenvalue weighted by Gasteiger charge is 2.15. The van der Waals surface area contributed by atoms with Crippen molar-refractivity contribution in [1.29, 1.82) is 0 Å². The highest BCUT2D eigenvalue weighted by molar-refractivity contribution is 7.92. The smallest absolute Gasteiger partial charge is 0.260 e. The molecule has 2 aromatic rings. The molecule has 0 heterocycles. The second kappa shape index (κ2) is 10.9. The summed E-state index contributed by atoms with van der Waals surface area (Å²) < 4.78 is 35.4. The van der Waals surface area contributed by atoms with Crippen LogP contribution in [-0.4, -0.2) is 46.9 Å². The molecule has 8 heteroatoms. The predicted octanol–water partition coefficient (Wildman–Crippen LogP) is 3.00. The summed E-state index contributed by atoms with van der Waals surface area (Å²) in [5, 5.41) is 2.88. The molecule has 0 spiro atoms. The topological polar surface area (TPSA) is 84.9 Å². The second-order valence-corrected chi connectivity index (χ2v) is 8.97. The van der Waals surface area contributed by atoms with Gasteiger partial charge in [-0.3, -0.25) is 9.10 Å². The quantitative estimate of drug-likeness (QED) is 0.550. The zero-order chi connectivity index (χ0) is 22.1. The zero-order valence-electron chi connectivity index (χ0n) is 17.9. The Kier molecular flexibility index (Phi) is 8.53. The molecule has 0 saturated heterocycles. The number of hydrogen-bond donors (Lipinski definition) is 1. The van der Waals surface area contributed by atoms with Gasteiger partial charge in [0, 0.05) is 13.6 Å². The average molecular weight is 435 g/mol. The largest absolute Gasteiger partial charge is 0.494 e. The van der Waals surface area contributed by atoms with E-state index in [-0.39, 0.29) is 5.91 Å². The molecule has 2 rings (SSSR count). The molecule has 30 heavy (non-hydrogen) atoms. The molecular formula is C22H30N2O5S. The molecule has 0 fully saturated rings. The number of anilines is 1. The van der Waals surface area contributed by atoms with Crippen LogP contribution in [-0.2, 0) is 21.2 Å². The Morgan fingerprint density at radius 1 is 1.07 bits per heavy atom. The van der Waals surface area contributed by atoms with E-state index in [9.17, 15) is 13.2 Å². The monoisotopic (exact) mass is 434 g/mol. The van der Waals surface area contributed by atoms with Gasteiger partial charge in [-0.25, -0.2) is 8.42 Å². The number of sulfonamides is 1.